The minimum absolute atomic E-state index is 0.149. The van der Waals surface area contributed by atoms with Gasteiger partial charge < -0.3 is 5.32 Å². The molecule has 0 amide bonds. The molecule has 0 bridgehead atoms. The maximum Gasteiger partial charge on any atom is 0.0697 e. The lowest BCUT2D eigenvalue weighted by Crippen LogP contribution is -2.23. The maximum absolute atomic E-state index is 6.46. The molecule has 0 aliphatic heterocycles. The van der Waals surface area contributed by atoms with Gasteiger partial charge in [-0.2, -0.15) is 0 Å². The van der Waals surface area contributed by atoms with Crippen LogP contribution in [0, 0.1) is 13.8 Å². The Morgan fingerprint density at radius 3 is 2.60 bits per heavy atom. The molecule has 1 unspecified atom stereocenters. The fraction of sp³-hybridized carbons (Fsp3) is 0.375. The van der Waals surface area contributed by atoms with Gasteiger partial charge in [0.1, 0.15) is 0 Å². The van der Waals surface area contributed by atoms with Crippen molar-refractivity contribution in [1.29, 1.82) is 0 Å². The summed E-state index contributed by atoms with van der Waals surface area (Å²) >= 11 is 11.9. The van der Waals surface area contributed by atoms with Gasteiger partial charge in [-0.15, -0.1) is 11.3 Å². The fourth-order valence-corrected chi connectivity index (χ4v) is 4.52. The Morgan fingerprint density at radius 2 is 2.05 bits per heavy atom. The molecule has 0 saturated heterocycles. The second-order valence-electron chi connectivity index (χ2n) is 4.98. The van der Waals surface area contributed by atoms with E-state index in [1.54, 1.807) is 0 Å². The summed E-state index contributed by atoms with van der Waals surface area (Å²) in [6.07, 6.45) is 1.10. The van der Waals surface area contributed by atoms with E-state index in [0.717, 1.165) is 28.0 Å². The molecule has 0 fully saturated rings. The summed E-state index contributed by atoms with van der Waals surface area (Å²) in [5, 5.41) is 4.44. The van der Waals surface area contributed by atoms with Gasteiger partial charge in [-0.05, 0) is 66.0 Å². The summed E-state index contributed by atoms with van der Waals surface area (Å²) in [6, 6.07) is 8.60. The summed E-state index contributed by atoms with van der Waals surface area (Å²) < 4.78 is 1.16. The molecule has 0 aliphatic carbocycles. The summed E-state index contributed by atoms with van der Waals surface area (Å²) in [7, 11) is 0. The highest BCUT2D eigenvalue weighted by atomic mass is 79.9. The molecule has 0 aliphatic rings. The smallest absolute Gasteiger partial charge is 0.0697 e. The van der Waals surface area contributed by atoms with E-state index >= 15 is 0 Å². The molecule has 0 saturated carbocycles. The maximum atomic E-state index is 6.46. The summed E-state index contributed by atoms with van der Waals surface area (Å²) in [4.78, 5) is 2.60. The van der Waals surface area contributed by atoms with E-state index in [0.29, 0.717) is 0 Å². The van der Waals surface area contributed by atoms with Crippen molar-refractivity contribution < 1.29 is 0 Å². The predicted octanol–water partition coefficient (Wildman–Crippen LogP) is 5.87. The summed E-state index contributed by atoms with van der Waals surface area (Å²) in [6.45, 7) is 7.34. The van der Waals surface area contributed by atoms with E-state index in [2.05, 4.69) is 60.2 Å². The number of halogens is 2. The zero-order chi connectivity index (χ0) is 14.7. The van der Waals surface area contributed by atoms with Crippen LogP contribution in [-0.4, -0.2) is 6.54 Å². The average Bonchev–Trinajstić information content (AvgIpc) is 2.71. The van der Waals surface area contributed by atoms with Gasteiger partial charge >= 0.3 is 0 Å². The van der Waals surface area contributed by atoms with Crippen LogP contribution >= 0.6 is 38.9 Å². The van der Waals surface area contributed by atoms with E-state index in [1.165, 1.54) is 15.3 Å². The molecule has 20 heavy (non-hydrogen) atoms. The zero-order valence-corrected chi connectivity index (χ0v) is 15.1. The van der Waals surface area contributed by atoms with Crippen molar-refractivity contribution in [3.05, 3.63) is 54.6 Å². The molecular formula is C16H19BrClNS. The molecule has 1 aromatic heterocycles. The van der Waals surface area contributed by atoms with Gasteiger partial charge in [-0.25, -0.2) is 0 Å². The molecule has 1 aromatic carbocycles. The van der Waals surface area contributed by atoms with Crippen molar-refractivity contribution in [2.45, 2.75) is 33.2 Å². The molecule has 1 atom stereocenters. The highest BCUT2D eigenvalue weighted by molar-refractivity contribution is 9.10. The van der Waals surface area contributed by atoms with Crippen molar-refractivity contribution >= 4 is 38.9 Å². The van der Waals surface area contributed by atoms with Gasteiger partial charge in [0.05, 0.1) is 6.04 Å². The minimum atomic E-state index is 0.149. The molecule has 108 valence electrons. The standard InChI is InChI=1S/C16H19BrClNS/c1-4-7-19-15(16-13(17)9-11(3)20-16)12-6-5-10(2)8-14(12)18/h5-6,8-9,15,19H,4,7H2,1-3H3. The molecule has 0 spiro atoms. The number of thiophene rings is 1. The lowest BCUT2D eigenvalue weighted by atomic mass is 10.0. The van der Waals surface area contributed by atoms with Gasteiger partial charge in [0.15, 0.2) is 0 Å². The van der Waals surface area contributed by atoms with Gasteiger partial charge in [0.25, 0.3) is 0 Å². The highest BCUT2D eigenvalue weighted by Gasteiger charge is 2.20. The summed E-state index contributed by atoms with van der Waals surface area (Å²) in [5.41, 5.74) is 2.34. The van der Waals surface area contributed by atoms with Crippen LogP contribution in [0.25, 0.3) is 0 Å². The molecule has 1 N–H and O–H groups in total. The van der Waals surface area contributed by atoms with Crippen LogP contribution in [0.3, 0.4) is 0 Å². The SMILES string of the molecule is CCCNC(c1ccc(C)cc1Cl)c1sc(C)cc1Br. The van der Waals surface area contributed by atoms with Crippen LogP contribution in [0.1, 0.15) is 40.3 Å². The molecule has 1 nitrogen and oxygen atoms in total. The first-order chi connectivity index (χ1) is 9.52. The molecule has 0 radical (unpaired) electrons. The number of hydrogen-bond donors (Lipinski definition) is 1. The lowest BCUT2D eigenvalue weighted by molar-refractivity contribution is 0.604. The number of hydrogen-bond acceptors (Lipinski definition) is 2. The molecular weight excluding hydrogens is 354 g/mol. The third kappa shape index (κ3) is 3.64. The monoisotopic (exact) mass is 371 g/mol. The van der Waals surface area contributed by atoms with E-state index in [9.17, 15) is 0 Å². The molecule has 2 rings (SSSR count). The Balaban J connectivity index is 2.44. The first kappa shape index (κ1) is 16.0. The van der Waals surface area contributed by atoms with Crippen molar-refractivity contribution in [2.24, 2.45) is 0 Å². The predicted molar refractivity (Wildman–Crippen MR) is 93.1 cm³/mol. The number of benzene rings is 1. The molecule has 4 heteroatoms. The Kier molecular flexibility index (Phi) is 5.67. The van der Waals surface area contributed by atoms with Gasteiger partial charge in [0.2, 0.25) is 0 Å². The van der Waals surface area contributed by atoms with E-state index in [-0.39, 0.29) is 6.04 Å². The molecule has 2 aromatic rings. The third-order valence-corrected chi connectivity index (χ3v) is 5.53. The van der Waals surface area contributed by atoms with Crippen LogP contribution in [0.4, 0.5) is 0 Å². The Morgan fingerprint density at radius 1 is 1.30 bits per heavy atom. The van der Waals surface area contributed by atoms with E-state index in [1.807, 2.05) is 17.4 Å². The van der Waals surface area contributed by atoms with Gasteiger partial charge in [0, 0.05) is 19.2 Å². The highest BCUT2D eigenvalue weighted by Crippen LogP contribution is 2.38. The van der Waals surface area contributed by atoms with E-state index < -0.39 is 0 Å². The normalized spacial score (nSPS) is 12.7. The minimum Gasteiger partial charge on any atom is -0.306 e. The van der Waals surface area contributed by atoms with Crippen LogP contribution in [0.5, 0.6) is 0 Å². The van der Waals surface area contributed by atoms with Crippen LogP contribution in [-0.2, 0) is 0 Å². The number of rotatable bonds is 5. The van der Waals surface area contributed by atoms with Crippen LogP contribution in [0.15, 0.2) is 28.7 Å². The second kappa shape index (κ2) is 7.08. The summed E-state index contributed by atoms with van der Waals surface area (Å²) in [5.74, 6) is 0. The third-order valence-electron chi connectivity index (χ3n) is 3.16. The quantitative estimate of drug-likeness (QED) is 0.692. The Labute approximate surface area is 138 Å². The van der Waals surface area contributed by atoms with Crippen molar-refractivity contribution in [2.75, 3.05) is 6.54 Å². The van der Waals surface area contributed by atoms with Crippen LogP contribution < -0.4 is 5.32 Å². The van der Waals surface area contributed by atoms with Gasteiger partial charge in [-0.1, -0.05) is 30.7 Å². The zero-order valence-electron chi connectivity index (χ0n) is 12.0. The average molecular weight is 373 g/mol. The second-order valence-corrected chi connectivity index (χ2v) is 7.53. The Bertz CT molecular complexity index is 594. The topological polar surface area (TPSA) is 12.0 Å². The van der Waals surface area contributed by atoms with E-state index in [4.69, 9.17) is 11.6 Å². The van der Waals surface area contributed by atoms with Crippen LogP contribution in [0.2, 0.25) is 5.02 Å². The van der Waals surface area contributed by atoms with Crippen molar-refractivity contribution in [3.63, 3.8) is 0 Å². The lowest BCUT2D eigenvalue weighted by Gasteiger charge is -2.20. The fourth-order valence-electron chi connectivity index (χ4n) is 2.20. The van der Waals surface area contributed by atoms with Crippen molar-refractivity contribution in [1.82, 2.24) is 5.32 Å². The first-order valence-corrected chi connectivity index (χ1v) is 8.77. The number of aryl methyl sites for hydroxylation is 2. The first-order valence-electron chi connectivity index (χ1n) is 6.78. The Hall–Kier alpha value is -0.350. The van der Waals surface area contributed by atoms with Crippen molar-refractivity contribution in [3.8, 4) is 0 Å². The largest absolute Gasteiger partial charge is 0.306 e. The molecule has 1 heterocycles. The van der Waals surface area contributed by atoms with Gasteiger partial charge in [-0.3, -0.25) is 0 Å². The number of nitrogens with one attached hydrogen (secondary N) is 1.